The molecule has 2 rings (SSSR count). The summed E-state index contributed by atoms with van der Waals surface area (Å²) in [7, 11) is 1.86. The summed E-state index contributed by atoms with van der Waals surface area (Å²) in [5, 5.41) is 15.6. The predicted molar refractivity (Wildman–Crippen MR) is 80.0 cm³/mol. The number of nitrogens with one attached hydrogen (secondary N) is 1. The maximum Gasteiger partial charge on any atom is 0.209 e. The zero-order valence-corrected chi connectivity index (χ0v) is 14.2. The quantitative estimate of drug-likeness (QED) is 0.508. The fourth-order valence-corrected chi connectivity index (χ4v) is 2.82. The van der Waals surface area contributed by atoms with Crippen LogP contribution in [-0.4, -0.2) is 32.5 Å². The molecular formula is C12H16BrClN5S-. The molecule has 0 saturated carbocycles. The smallest absolute Gasteiger partial charge is 0.209 e. The van der Waals surface area contributed by atoms with E-state index in [-0.39, 0.29) is 12.4 Å². The van der Waals surface area contributed by atoms with Gasteiger partial charge in [-0.2, -0.15) is 0 Å². The van der Waals surface area contributed by atoms with Crippen molar-refractivity contribution in [3.05, 3.63) is 34.3 Å². The molecule has 0 aliphatic carbocycles. The second kappa shape index (κ2) is 9.33. The van der Waals surface area contributed by atoms with Crippen molar-refractivity contribution in [2.24, 2.45) is 7.05 Å². The number of nitrogens with zero attached hydrogens (tertiary/aromatic N) is 4. The molecule has 0 saturated heterocycles. The summed E-state index contributed by atoms with van der Waals surface area (Å²) < 4.78 is 2.82. The Morgan fingerprint density at radius 2 is 2.25 bits per heavy atom. The topological polar surface area (TPSA) is 55.6 Å². The maximum absolute atomic E-state index is 3.93. The van der Waals surface area contributed by atoms with Gasteiger partial charge in [-0.15, -0.1) is 5.10 Å². The fraction of sp³-hybridized carbons (Fsp3) is 0.417. The van der Waals surface area contributed by atoms with E-state index < -0.39 is 0 Å². The van der Waals surface area contributed by atoms with E-state index in [9.17, 15) is 0 Å². The molecule has 8 heteroatoms. The van der Waals surface area contributed by atoms with Crippen molar-refractivity contribution in [3.63, 3.8) is 0 Å². The molecule has 0 fully saturated rings. The first-order valence-electron chi connectivity index (χ1n) is 6.06. The summed E-state index contributed by atoms with van der Waals surface area (Å²) in [5.74, 6) is 1.01. The second-order valence-electron chi connectivity index (χ2n) is 4.09. The number of rotatable bonds is 7. The minimum atomic E-state index is 0. The van der Waals surface area contributed by atoms with Crippen molar-refractivity contribution in [1.82, 2.24) is 25.5 Å². The van der Waals surface area contributed by atoms with Crippen LogP contribution in [0.2, 0.25) is 0 Å². The number of benzene rings is 1. The third kappa shape index (κ3) is 5.78. The molecule has 110 valence electrons. The van der Waals surface area contributed by atoms with Crippen LogP contribution in [0, 0.1) is 0 Å². The maximum atomic E-state index is 3.93. The monoisotopic (exact) mass is 376 g/mol. The van der Waals surface area contributed by atoms with Crippen molar-refractivity contribution in [2.75, 3.05) is 12.3 Å². The summed E-state index contributed by atoms with van der Waals surface area (Å²) in [4.78, 5) is 0. The number of hydrogen-bond acceptors (Lipinski definition) is 5. The molecule has 0 radical (unpaired) electrons. The van der Waals surface area contributed by atoms with Crippen LogP contribution in [0.4, 0.5) is 0 Å². The molecule has 1 N–H and O–H groups in total. The lowest BCUT2D eigenvalue weighted by atomic mass is 10.2. The van der Waals surface area contributed by atoms with Crippen LogP contribution in [0.15, 0.2) is 33.9 Å². The number of aryl methyl sites for hydroxylation is 1. The van der Waals surface area contributed by atoms with E-state index in [1.807, 2.05) is 13.1 Å². The van der Waals surface area contributed by atoms with Crippen LogP contribution in [0.25, 0.3) is 0 Å². The van der Waals surface area contributed by atoms with Crippen molar-refractivity contribution >= 4 is 27.7 Å². The predicted octanol–water partition coefficient (Wildman–Crippen LogP) is -0.751. The molecule has 0 amide bonds. The first kappa shape index (κ1) is 17.4. The van der Waals surface area contributed by atoms with Crippen molar-refractivity contribution < 1.29 is 12.4 Å². The van der Waals surface area contributed by atoms with Gasteiger partial charge in [-0.3, -0.25) is 0 Å². The van der Waals surface area contributed by atoms with Gasteiger partial charge < -0.3 is 17.7 Å². The standard InChI is InChI=1S/C12H16BrN5S.ClH/c1-18-12(15-16-17-18)19-7-3-6-14-9-10-4-2-5-11(13)8-10;/h2,4-5,8,14H,3,6-7,9H2,1H3;1H/p-1. The third-order valence-corrected chi connectivity index (χ3v) is 4.12. The Bertz CT molecular complexity index is 522. The average molecular weight is 378 g/mol. The van der Waals surface area contributed by atoms with Crippen LogP contribution in [-0.2, 0) is 13.6 Å². The van der Waals surface area contributed by atoms with Gasteiger partial charge in [0.15, 0.2) is 0 Å². The molecule has 1 aromatic heterocycles. The molecule has 0 bridgehead atoms. The van der Waals surface area contributed by atoms with Gasteiger partial charge in [0.2, 0.25) is 5.16 Å². The van der Waals surface area contributed by atoms with Gasteiger partial charge in [-0.25, -0.2) is 4.68 Å². The average Bonchev–Trinajstić information content (AvgIpc) is 2.79. The highest BCUT2D eigenvalue weighted by atomic mass is 79.9. The van der Waals surface area contributed by atoms with E-state index in [4.69, 9.17) is 0 Å². The van der Waals surface area contributed by atoms with Crippen molar-refractivity contribution in [2.45, 2.75) is 18.1 Å². The van der Waals surface area contributed by atoms with E-state index in [0.717, 1.165) is 34.9 Å². The lowest BCUT2D eigenvalue weighted by Gasteiger charge is -2.05. The van der Waals surface area contributed by atoms with Crippen LogP contribution in [0.5, 0.6) is 0 Å². The summed E-state index contributed by atoms with van der Waals surface area (Å²) in [6, 6.07) is 8.35. The summed E-state index contributed by atoms with van der Waals surface area (Å²) >= 11 is 5.15. The molecule has 0 unspecified atom stereocenters. The number of halogens is 2. The molecule has 1 heterocycles. The number of hydrogen-bond donors (Lipinski definition) is 1. The van der Waals surface area contributed by atoms with Crippen LogP contribution in [0.1, 0.15) is 12.0 Å². The van der Waals surface area contributed by atoms with Crippen LogP contribution >= 0.6 is 27.7 Å². The van der Waals surface area contributed by atoms with Crippen LogP contribution < -0.4 is 17.7 Å². The molecule has 20 heavy (non-hydrogen) atoms. The van der Waals surface area contributed by atoms with Crippen LogP contribution in [0.3, 0.4) is 0 Å². The van der Waals surface area contributed by atoms with Gasteiger partial charge in [-0.1, -0.05) is 39.8 Å². The Morgan fingerprint density at radius 3 is 2.95 bits per heavy atom. The molecule has 2 aromatic rings. The van der Waals surface area contributed by atoms with Gasteiger partial charge in [0, 0.05) is 23.8 Å². The van der Waals surface area contributed by atoms with E-state index >= 15 is 0 Å². The van der Waals surface area contributed by atoms with Gasteiger partial charge in [0.05, 0.1) is 0 Å². The summed E-state index contributed by atoms with van der Waals surface area (Å²) in [6.07, 6.45) is 1.09. The lowest BCUT2D eigenvalue weighted by molar-refractivity contribution is -0.00000401. The zero-order chi connectivity index (χ0) is 13.5. The Morgan fingerprint density at radius 1 is 1.40 bits per heavy atom. The summed E-state index contributed by atoms with van der Waals surface area (Å²) in [6.45, 7) is 1.89. The van der Waals surface area contributed by atoms with Gasteiger partial charge in [0.1, 0.15) is 0 Å². The minimum Gasteiger partial charge on any atom is -1.00 e. The molecule has 0 atom stereocenters. The Kier molecular flexibility index (Phi) is 8.13. The molecule has 0 aliphatic rings. The highest BCUT2D eigenvalue weighted by Crippen LogP contribution is 2.13. The zero-order valence-electron chi connectivity index (χ0n) is 11.1. The number of tetrazole rings is 1. The van der Waals surface area contributed by atoms with Gasteiger partial charge in [0.25, 0.3) is 0 Å². The lowest BCUT2D eigenvalue weighted by Crippen LogP contribution is -3.00. The molecule has 0 aliphatic heterocycles. The molecule has 0 spiro atoms. The Labute approximate surface area is 137 Å². The fourth-order valence-electron chi connectivity index (χ4n) is 1.58. The van der Waals surface area contributed by atoms with E-state index in [1.165, 1.54) is 5.56 Å². The number of thioether (sulfide) groups is 1. The first-order valence-corrected chi connectivity index (χ1v) is 7.84. The third-order valence-electron chi connectivity index (χ3n) is 2.53. The van der Waals surface area contributed by atoms with Gasteiger partial charge in [-0.05, 0) is 41.1 Å². The second-order valence-corrected chi connectivity index (χ2v) is 6.07. The minimum absolute atomic E-state index is 0. The molecule has 5 nitrogen and oxygen atoms in total. The largest absolute Gasteiger partial charge is 1.00 e. The van der Waals surface area contributed by atoms with E-state index in [0.29, 0.717) is 0 Å². The first-order chi connectivity index (χ1) is 9.25. The SMILES string of the molecule is Cn1nnnc1SCCCNCc1cccc(Br)c1.[Cl-]. The van der Waals surface area contributed by atoms with Crippen molar-refractivity contribution in [1.29, 1.82) is 0 Å². The normalized spacial score (nSPS) is 10.3. The van der Waals surface area contributed by atoms with Crippen molar-refractivity contribution in [3.8, 4) is 0 Å². The van der Waals surface area contributed by atoms with E-state index in [2.05, 4.69) is 55.0 Å². The number of aromatic nitrogens is 4. The van der Waals surface area contributed by atoms with Gasteiger partial charge >= 0.3 is 0 Å². The highest BCUT2D eigenvalue weighted by Gasteiger charge is 2.01. The Balaban J connectivity index is 0.00000200. The summed E-state index contributed by atoms with van der Waals surface area (Å²) in [5.41, 5.74) is 1.29. The molecular weight excluding hydrogens is 362 g/mol. The molecule has 1 aromatic carbocycles. The highest BCUT2D eigenvalue weighted by molar-refractivity contribution is 9.10. The Hall–Kier alpha value is -0.630. The van der Waals surface area contributed by atoms with E-state index in [1.54, 1.807) is 16.4 Å².